The van der Waals surface area contributed by atoms with Crippen LogP contribution in [0.25, 0.3) is 0 Å². The van der Waals surface area contributed by atoms with Gasteiger partial charge in [0.05, 0.1) is 0 Å². The minimum absolute atomic E-state index is 0.0849. The largest absolute Gasteiger partial charge is 0.477 e. The number of thiophene rings is 1. The zero-order valence-corrected chi connectivity index (χ0v) is 13.1. The van der Waals surface area contributed by atoms with Gasteiger partial charge in [0.25, 0.3) is 0 Å². The summed E-state index contributed by atoms with van der Waals surface area (Å²) in [7, 11) is 0.266. The zero-order chi connectivity index (χ0) is 14.9. The van der Waals surface area contributed by atoms with Crippen molar-refractivity contribution in [2.45, 2.75) is 23.8 Å². The minimum Gasteiger partial charge on any atom is -0.477 e. The molecule has 0 bridgehead atoms. The van der Waals surface area contributed by atoms with Crippen molar-refractivity contribution in [2.75, 3.05) is 27.2 Å². The van der Waals surface area contributed by atoms with Crippen LogP contribution in [0.3, 0.4) is 0 Å². The number of piperidine rings is 1. The summed E-state index contributed by atoms with van der Waals surface area (Å²) >= 11 is 0.940. The van der Waals surface area contributed by atoms with Crippen LogP contribution in [0, 0.1) is 0 Å². The van der Waals surface area contributed by atoms with Gasteiger partial charge in [0.1, 0.15) is 9.77 Å². The molecule has 0 unspecified atom stereocenters. The van der Waals surface area contributed by atoms with E-state index in [4.69, 9.17) is 5.11 Å². The first-order valence-electron chi connectivity index (χ1n) is 6.31. The molecule has 0 saturated carbocycles. The van der Waals surface area contributed by atoms with Crippen LogP contribution in [0.2, 0.25) is 0 Å². The fourth-order valence-electron chi connectivity index (χ4n) is 2.39. The van der Waals surface area contributed by atoms with E-state index < -0.39 is 16.0 Å². The molecule has 1 aliphatic heterocycles. The lowest BCUT2D eigenvalue weighted by molar-refractivity contribution is 0.0698. The van der Waals surface area contributed by atoms with E-state index in [0.29, 0.717) is 19.1 Å². The molecule has 112 valence electrons. The van der Waals surface area contributed by atoms with Crippen LogP contribution in [-0.4, -0.2) is 61.9 Å². The first-order chi connectivity index (χ1) is 9.34. The van der Waals surface area contributed by atoms with Crippen LogP contribution in [0.15, 0.2) is 16.3 Å². The molecule has 20 heavy (non-hydrogen) atoms. The summed E-state index contributed by atoms with van der Waals surface area (Å²) in [4.78, 5) is 13.0. The van der Waals surface area contributed by atoms with Gasteiger partial charge in [-0.15, -0.1) is 11.3 Å². The molecule has 0 amide bonds. The molecule has 1 aromatic heterocycles. The highest BCUT2D eigenvalue weighted by Crippen LogP contribution is 2.27. The lowest BCUT2D eigenvalue weighted by Crippen LogP contribution is -2.44. The van der Waals surface area contributed by atoms with Gasteiger partial charge >= 0.3 is 5.97 Å². The number of carbonyl (C=O) groups is 1. The molecule has 1 saturated heterocycles. The lowest BCUT2D eigenvalue weighted by atomic mass is 10.1. The maximum Gasteiger partial charge on any atom is 0.347 e. The Morgan fingerprint density at radius 1 is 1.40 bits per heavy atom. The standard InChI is InChI=1S/C12H18N2O4S2/c1-13(2)9-3-6-14(7-4-9)20(17,18)10-5-8-19-11(10)12(15)16/h5,8-9H,3-4,6-7H2,1-2H3,(H,15,16). The fraction of sp³-hybridized carbons (Fsp3) is 0.583. The van der Waals surface area contributed by atoms with Gasteiger partial charge in [0, 0.05) is 19.1 Å². The summed E-state index contributed by atoms with van der Waals surface area (Å²) in [6.07, 6.45) is 1.53. The number of hydrogen-bond donors (Lipinski definition) is 1. The third kappa shape index (κ3) is 2.88. The van der Waals surface area contributed by atoms with Gasteiger partial charge in [-0.05, 0) is 38.4 Å². The van der Waals surface area contributed by atoms with E-state index in [1.54, 1.807) is 0 Å². The highest BCUT2D eigenvalue weighted by Gasteiger charge is 2.33. The van der Waals surface area contributed by atoms with E-state index in [1.165, 1.54) is 15.8 Å². The third-order valence-corrected chi connectivity index (χ3v) is 6.57. The van der Waals surface area contributed by atoms with E-state index in [0.717, 1.165) is 24.2 Å². The average Bonchev–Trinajstić information content (AvgIpc) is 2.89. The van der Waals surface area contributed by atoms with Crippen molar-refractivity contribution in [1.29, 1.82) is 0 Å². The monoisotopic (exact) mass is 318 g/mol. The molecule has 0 spiro atoms. The summed E-state index contributed by atoms with van der Waals surface area (Å²) in [6.45, 7) is 0.861. The molecular formula is C12H18N2O4S2. The van der Waals surface area contributed by atoms with E-state index in [9.17, 15) is 13.2 Å². The topological polar surface area (TPSA) is 77.9 Å². The summed E-state index contributed by atoms with van der Waals surface area (Å²) in [6, 6.07) is 1.75. The molecule has 0 aliphatic carbocycles. The van der Waals surface area contributed by atoms with Crippen molar-refractivity contribution in [2.24, 2.45) is 0 Å². The number of sulfonamides is 1. The minimum atomic E-state index is -3.70. The molecule has 2 rings (SSSR count). The SMILES string of the molecule is CN(C)C1CCN(S(=O)(=O)c2ccsc2C(=O)O)CC1. The van der Waals surface area contributed by atoms with E-state index >= 15 is 0 Å². The average molecular weight is 318 g/mol. The summed E-state index contributed by atoms with van der Waals surface area (Å²) in [5.41, 5.74) is 0. The number of carboxylic acids is 1. The van der Waals surface area contributed by atoms with Crippen LogP contribution in [0.1, 0.15) is 22.5 Å². The van der Waals surface area contributed by atoms with Crippen LogP contribution in [0.5, 0.6) is 0 Å². The van der Waals surface area contributed by atoms with E-state index in [-0.39, 0.29) is 9.77 Å². The Hall–Kier alpha value is -0.960. The Morgan fingerprint density at radius 2 is 2.00 bits per heavy atom. The molecule has 1 aromatic rings. The Kier molecular flexibility index (Phi) is 4.48. The van der Waals surface area contributed by atoms with Crippen molar-refractivity contribution in [3.63, 3.8) is 0 Å². The summed E-state index contributed by atoms with van der Waals surface area (Å²) in [5, 5.41) is 10.6. The van der Waals surface area contributed by atoms with Gasteiger partial charge in [0.15, 0.2) is 0 Å². The third-order valence-electron chi connectivity index (χ3n) is 3.59. The maximum atomic E-state index is 12.5. The highest BCUT2D eigenvalue weighted by molar-refractivity contribution is 7.89. The number of rotatable bonds is 4. The van der Waals surface area contributed by atoms with Gasteiger partial charge < -0.3 is 10.0 Å². The van der Waals surface area contributed by atoms with Gasteiger partial charge in [-0.3, -0.25) is 0 Å². The Bertz CT molecular complexity index is 586. The first kappa shape index (κ1) is 15.4. The van der Waals surface area contributed by atoms with Gasteiger partial charge in [-0.1, -0.05) is 0 Å². The second kappa shape index (κ2) is 5.80. The normalized spacial score (nSPS) is 18.6. The lowest BCUT2D eigenvalue weighted by Gasteiger charge is -2.34. The first-order valence-corrected chi connectivity index (χ1v) is 8.63. The van der Waals surface area contributed by atoms with Gasteiger partial charge in [-0.25, -0.2) is 13.2 Å². The van der Waals surface area contributed by atoms with Gasteiger partial charge in [-0.2, -0.15) is 4.31 Å². The van der Waals surface area contributed by atoms with Crippen molar-refractivity contribution < 1.29 is 18.3 Å². The zero-order valence-electron chi connectivity index (χ0n) is 11.4. The highest BCUT2D eigenvalue weighted by atomic mass is 32.2. The van der Waals surface area contributed by atoms with E-state index in [1.807, 2.05) is 14.1 Å². The second-order valence-corrected chi connectivity index (χ2v) is 7.84. The Morgan fingerprint density at radius 3 is 2.50 bits per heavy atom. The Labute approximate surface area is 122 Å². The second-order valence-electron chi connectivity index (χ2n) is 5.02. The molecule has 1 N–H and O–H groups in total. The maximum absolute atomic E-state index is 12.5. The van der Waals surface area contributed by atoms with Crippen LogP contribution < -0.4 is 0 Å². The summed E-state index contributed by atoms with van der Waals surface area (Å²) < 4.78 is 26.4. The molecular weight excluding hydrogens is 300 g/mol. The van der Waals surface area contributed by atoms with Crippen LogP contribution in [0.4, 0.5) is 0 Å². The molecule has 0 atom stereocenters. The van der Waals surface area contributed by atoms with Crippen molar-refractivity contribution in [3.8, 4) is 0 Å². The number of hydrogen-bond acceptors (Lipinski definition) is 5. The molecule has 0 radical (unpaired) electrons. The Balaban J connectivity index is 2.20. The number of aromatic carboxylic acids is 1. The fourth-order valence-corrected chi connectivity index (χ4v) is 5.10. The van der Waals surface area contributed by atoms with Gasteiger partial charge in [0.2, 0.25) is 10.0 Å². The predicted octanol–water partition coefficient (Wildman–Crippen LogP) is 1.16. The molecule has 0 aromatic carbocycles. The van der Waals surface area contributed by atoms with Crippen molar-refractivity contribution >= 4 is 27.3 Å². The van der Waals surface area contributed by atoms with Crippen LogP contribution >= 0.6 is 11.3 Å². The quantitative estimate of drug-likeness (QED) is 0.901. The molecule has 6 nitrogen and oxygen atoms in total. The predicted molar refractivity (Wildman–Crippen MR) is 76.7 cm³/mol. The number of nitrogens with zero attached hydrogens (tertiary/aromatic N) is 2. The molecule has 1 fully saturated rings. The smallest absolute Gasteiger partial charge is 0.347 e. The molecule has 8 heteroatoms. The molecule has 1 aliphatic rings. The number of carboxylic acid groups (broad SMARTS) is 1. The van der Waals surface area contributed by atoms with Crippen molar-refractivity contribution in [1.82, 2.24) is 9.21 Å². The molecule has 2 heterocycles. The van der Waals surface area contributed by atoms with Crippen molar-refractivity contribution in [3.05, 3.63) is 16.3 Å². The van der Waals surface area contributed by atoms with Crippen LogP contribution in [-0.2, 0) is 10.0 Å². The summed E-state index contributed by atoms with van der Waals surface area (Å²) in [5.74, 6) is -1.19. The van der Waals surface area contributed by atoms with E-state index in [2.05, 4.69) is 4.90 Å².